The van der Waals surface area contributed by atoms with Gasteiger partial charge >= 0.3 is 0 Å². The lowest BCUT2D eigenvalue weighted by Gasteiger charge is -2.14. The van der Waals surface area contributed by atoms with E-state index in [-0.39, 0.29) is 12.5 Å². The lowest BCUT2D eigenvalue weighted by Crippen LogP contribution is -2.24. The number of aromatic nitrogens is 1. The molecule has 0 aliphatic heterocycles. The van der Waals surface area contributed by atoms with Crippen molar-refractivity contribution in [3.63, 3.8) is 0 Å². The molecule has 1 aromatic heterocycles. The van der Waals surface area contributed by atoms with E-state index in [9.17, 15) is 4.79 Å². The molecule has 0 fully saturated rings. The minimum absolute atomic E-state index is 0.164. The first-order chi connectivity index (χ1) is 13.9. The Morgan fingerprint density at radius 1 is 1.14 bits per heavy atom. The summed E-state index contributed by atoms with van der Waals surface area (Å²) in [7, 11) is 0. The Labute approximate surface area is 176 Å². The largest absolute Gasteiger partial charge is 0.482 e. The molecule has 3 rings (SSSR count). The lowest BCUT2D eigenvalue weighted by atomic mass is 10.1. The Morgan fingerprint density at radius 3 is 2.66 bits per heavy atom. The maximum absolute atomic E-state index is 12.0. The van der Waals surface area contributed by atoms with Crippen molar-refractivity contribution < 1.29 is 9.53 Å². The topological polar surface area (TPSA) is 55.6 Å². The molecule has 0 saturated heterocycles. The van der Waals surface area contributed by atoms with Crippen molar-refractivity contribution >= 4 is 23.7 Å². The Balaban J connectivity index is 1.68. The Bertz CT molecular complexity index is 1070. The fraction of sp³-hybridized carbons (Fsp3) is 0.217. The summed E-state index contributed by atoms with van der Waals surface area (Å²) in [5.74, 6) is 0.106. The zero-order valence-electron chi connectivity index (χ0n) is 17.0. The SMILES string of the molecule is Cc1cccc(-n2c(C)cc(/C=N\NC(=O)COc3ccccc3Cl)c2C)c1C. The van der Waals surface area contributed by atoms with Crippen LogP contribution in [0.25, 0.3) is 5.69 Å². The summed E-state index contributed by atoms with van der Waals surface area (Å²) in [5.41, 5.74) is 9.23. The number of carbonyl (C=O) groups excluding carboxylic acids is 1. The molecule has 1 amide bonds. The average Bonchev–Trinajstić information content (AvgIpc) is 2.97. The highest BCUT2D eigenvalue weighted by molar-refractivity contribution is 6.32. The van der Waals surface area contributed by atoms with Crippen LogP contribution < -0.4 is 10.2 Å². The number of amides is 1. The van der Waals surface area contributed by atoms with Crippen molar-refractivity contribution in [3.8, 4) is 11.4 Å². The summed E-state index contributed by atoms with van der Waals surface area (Å²) in [5, 5.41) is 4.54. The van der Waals surface area contributed by atoms with E-state index in [1.165, 1.54) is 11.1 Å². The van der Waals surface area contributed by atoms with Crippen LogP contribution in [-0.4, -0.2) is 23.3 Å². The molecule has 150 valence electrons. The Morgan fingerprint density at radius 2 is 1.90 bits per heavy atom. The second-order valence-corrected chi connectivity index (χ2v) is 7.30. The van der Waals surface area contributed by atoms with Gasteiger partial charge in [0.25, 0.3) is 5.91 Å². The molecule has 1 heterocycles. The fourth-order valence-electron chi connectivity index (χ4n) is 3.18. The number of rotatable bonds is 6. The predicted octanol–water partition coefficient (Wildman–Crippen LogP) is 4.89. The normalized spacial score (nSPS) is 11.1. The number of nitrogens with one attached hydrogen (secondary N) is 1. The summed E-state index contributed by atoms with van der Waals surface area (Å²) >= 11 is 6.01. The second-order valence-electron chi connectivity index (χ2n) is 6.89. The molecule has 5 nitrogen and oxygen atoms in total. The third-order valence-electron chi connectivity index (χ3n) is 4.88. The van der Waals surface area contributed by atoms with E-state index < -0.39 is 0 Å². The summed E-state index contributed by atoms with van der Waals surface area (Å²) in [6.07, 6.45) is 1.65. The van der Waals surface area contributed by atoms with Gasteiger partial charge in [-0.2, -0.15) is 5.10 Å². The third-order valence-corrected chi connectivity index (χ3v) is 5.19. The third kappa shape index (κ3) is 4.69. The molecule has 0 radical (unpaired) electrons. The van der Waals surface area contributed by atoms with Gasteiger partial charge in [0.15, 0.2) is 6.61 Å². The second kappa shape index (κ2) is 8.97. The Kier molecular flexibility index (Phi) is 6.39. The van der Waals surface area contributed by atoms with Crippen LogP contribution in [0.15, 0.2) is 53.6 Å². The fourth-order valence-corrected chi connectivity index (χ4v) is 3.37. The molecule has 6 heteroatoms. The molecule has 0 atom stereocenters. The molecule has 0 unspecified atom stereocenters. The maximum Gasteiger partial charge on any atom is 0.277 e. The summed E-state index contributed by atoms with van der Waals surface area (Å²) in [6, 6.07) is 15.3. The Hall–Kier alpha value is -3.05. The van der Waals surface area contributed by atoms with Crippen molar-refractivity contribution in [2.24, 2.45) is 5.10 Å². The molecule has 0 saturated carbocycles. The molecule has 0 aliphatic carbocycles. The van der Waals surface area contributed by atoms with Gasteiger partial charge in [-0.15, -0.1) is 0 Å². The number of benzene rings is 2. The van der Waals surface area contributed by atoms with Gasteiger partial charge in [-0.25, -0.2) is 5.43 Å². The van der Waals surface area contributed by atoms with Gasteiger partial charge in [-0.1, -0.05) is 35.9 Å². The van der Waals surface area contributed by atoms with Crippen molar-refractivity contribution in [1.29, 1.82) is 0 Å². The molecule has 3 aromatic rings. The molecule has 1 N–H and O–H groups in total. The van der Waals surface area contributed by atoms with E-state index in [1.807, 2.05) is 13.0 Å². The number of halogens is 1. The van der Waals surface area contributed by atoms with Crippen LogP contribution >= 0.6 is 11.6 Å². The van der Waals surface area contributed by atoms with Gasteiger partial charge in [0, 0.05) is 22.6 Å². The van der Waals surface area contributed by atoms with Crippen molar-refractivity contribution in [3.05, 3.63) is 81.6 Å². The predicted molar refractivity (Wildman–Crippen MR) is 117 cm³/mol. The minimum atomic E-state index is -0.357. The highest BCUT2D eigenvalue weighted by Gasteiger charge is 2.12. The zero-order chi connectivity index (χ0) is 21.0. The molecule has 0 bridgehead atoms. The van der Waals surface area contributed by atoms with E-state index in [0.29, 0.717) is 10.8 Å². The first-order valence-corrected chi connectivity index (χ1v) is 9.71. The van der Waals surface area contributed by atoms with Gasteiger partial charge in [-0.05, 0) is 63.1 Å². The smallest absolute Gasteiger partial charge is 0.277 e. The number of hydrogen-bond donors (Lipinski definition) is 1. The quantitative estimate of drug-likeness (QED) is 0.465. The minimum Gasteiger partial charge on any atom is -0.482 e. The van der Waals surface area contributed by atoms with Crippen molar-refractivity contribution in [2.45, 2.75) is 27.7 Å². The summed E-state index contributed by atoms with van der Waals surface area (Å²) < 4.78 is 7.61. The van der Waals surface area contributed by atoms with E-state index in [1.54, 1.807) is 30.5 Å². The molecule has 2 aromatic carbocycles. The van der Waals surface area contributed by atoms with Crippen LogP contribution in [0, 0.1) is 27.7 Å². The zero-order valence-corrected chi connectivity index (χ0v) is 17.7. The van der Waals surface area contributed by atoms with Gasteiger partial charge in [0.05, 0.1) is 11.2 Å². The van der Waals surface area contributed by atoms with Crippen LogP contribution in [0.3, 0.4) is 0 Å². The number of nitrogens with zero attached hydrogens (tertiary/aromatic N) is 2. The molecular formula is C23H24ClN3O2. The first kappa shape index (κ1) is 20.7. The van der Waals surface area contributed by atoms with Gasteiger partial charge in [-0.3, -0.25) is 4.79 Å². The van der Waals surface area contributed by atoms with E-state index in [4.69, 9.17) is 16.3 Å². The highest BCUT2D eigenvalue weighted by atomic mass is 35.5. The molecule has 29 heavy (non-hydrogen) atoms. The number of hydrogen-bond acceptors (Lipinski definition) is 3. The van der Waals surface area contributed by atoms with Crippen molar-refractivity contribution in [2.75, 3.05) is 6.61 Å². The van der Waals surface area contributed by atoms with E-state index in [0.717, 1.165) is 22.6 Å². The lowest BCUT2D eigenvalue weighted by molar-refractivity contribution is -0.123. The number of aryl methyl sites for hydroxylation is 2. The monoisotopic (exact) mass is 409 g/mol. The number of hydrazone groups is 1. The van der Waals surface area contributed by atoms with Crippen molar-refractivity contribution in [1.82, 2.24) is 9.99 Å². The standard InChI is InChI=1S/C23H24ClN3O2/c1-15-8-7-10-21(17(15)3)27-16(2)12-19(18(27)4)13-25-26-23(28)14-29-22-11-6-5-9-20(22)24/h5-13H,14H2,1-4H3,(H,26,28)/b25-13-. The van der Waals surface area contributed by atoms with Crippen LogP contribution in [0.2, 0.25) is 5.02 Å². The first-order valence-electron chi connectivity index (χ1n) is 9.33. The van der Waals surface area contributed by atoms with Gasteiger partial charge in [0.2, 0.25) is 0 Å². The van der Waals surface area contributed by atoms with Gasteiger partial charge in [0.1, 0.15) is 5.75 Å². The van der Waals surface area contributed by atoms with Crippen LogP contribution in [0.1, 0.15) is 28.1 Å². The van der Waals surface area contributed by atoms with Crippen LogP contribution in [0.4, 0.5) is 0 Å². The highest BCUT2D eigenvalue weighted by Crippen LogP contribution is 2.24. The number of ether oxygens (including phenoxy) is 1. The summed E-state index contributed by atoms with van der Waals surface area (Å²) in [4.78, 5) is 12.0. The number of para-hydroxylation sites is 1. The summed E-state index contributed by atoms with van der Waals surface area (Å²) in [6.45, 7) is 8.16. The molecular weight excluding hydrogens is 386 g/mol. The molecule has 0 spiro atoms. The maximum atomic E-state index is 12.0. The van der Waals surface area contributed by atoms with Gasteiger partial charge < -0.3 is 9.30 Å². The van der Waals surface area contributed by atoms with Crippen LogP contribution in [-0.2, 0) is 4.79 Å². The van der Waals surface area contributed by atoms with E-state index in [2.05, 4.69) is 54.1 Å². The average molecular weight is 410 g/mol. The van der Waals surface area contributed by atoms with Crippen LogP contribution in [0.5, 0.6) is 5.75 Å². The number of carbonyl (C=O) groups is 1. The van der Waals surface area contributed by atoms with E-state index >= 15 is 0 Å². The molecule has 0 aliphatic rings.